The Morgan fingerprint density at radius 3 is 2.93 bits per heavy atom. The molecular formula is C11H17NO3. The summed E-state index contributed by atoms with van der Waals surface area (Å²) in [5, 5.41) is 0. The molecule has 2 fully saturated rings. The van der Waals surface area contributed by atoms with Crippen molar-refractivity contribution >= 4 is 5.97 Å². The molecule has 0 aromatic rings. The molecule has 0 saturated carbocycles. The molecule has 0 amide bonds. The summed E-state index contributed by atoms with van der Waals surface area (Å²) >= 11 is 0. The molecule has 2 heterocycles. The molecule has 15 heavy (non-hydrogen) atoms. The van der Waals surface area contributed by atoms with Crippen molar-refractivity contribution in [2.45, 2.75) is 24.5 Å². The monoisotopic (exact) mass is 211 g/mol. The largest absolute Gasteiger partial charge is 0.468 e. The van der Waals surface area contributed by atoms with Crippen molar-refractivity contribution in [3.63, 3.8) is 0 Å². The third-order valence-corrected chi connectivity index (χ3v) is 3.45. The maximum atomic E-state index is 11.9. The molecule has 84 valence electrons. The Morgan fingerprint density at radius 1 is 1.60 bits per heavy atom. The number of hydrogen-bond acceptors (Lipinski definition) is 4. The molecule has 2 rings (SSSR count). The summed E-state index contributed by atoms with van der Waals surface area (Å²) in [6.07, 6.45) is 1.56. The molecule has 0 radical (unpaired) electrons. The van der Waals surface area contributed by atoms with Crippen LogP contribution in [-0.4, -0.2) is 49.8 Å². The minimum absolute atomic E-state index is 0.136. The topological polar surface area (TPSA) is 38.8 Å². The van der Waals surface area contributed by atoms with Crippen LogP contribution in [0.5, 0.6) is 0 Å². The minimum atomic E-state index is -0.494. The number of carbonyl (C=O) groups is 1. The highest BCUT2D eigenvalue weighted by molar-refractivity contribution is 5.82. The number of esters is 1. The average molecular weight is 211 g/mol. The van der Waals surface area contributed by atoms with Crippen molar-refractivity contribution in [2.24, 2.45) is 0 Å². The summed E-state index contributed by atoms with van der Waals surface area (Å²) in [7, 11) is 3.13. The predicted molar refractivity (Wildman–Crippen MR) is 55.5 cm³/mol. The van der Waals surface area contributed by atoms with Gasteiger partial charge in [-0.25, -0.2) is 0 Å². The van der Waals surface area contributed by atoms with E-state index >= 15 is 0 Å². The van der Waals surface area contributed by atoms with Gasteiger partial charge in [-0.2, -0.15) is 0 Å². The third kappa shape index (κ3) is 1.48. The molecule has 0 aromatic carbocycles. The molecular weight excluding hydrogens is 194 g/mol. The van der Waals surface area contributed by atoms with Gasteiger partial charge < -0.3 is 9.47 Å². The first-order valence-corrected chi connectivity index (χ1v) is 5.15. The van der Waals surface area contributed by atoms with E-state index in [1.165, 1.54) is 7.11 Å². The zero-order valence-corrected chi connectivity index (χ0v) is 9.28. The van der Waals surface area contributed by atoms with Crippen LogP contribution in [0.1, 0.15) is 12.8 Å². The first-order chi connectivity index (χ1) is 7.12. The van der Waals surface area contributed by atoms with E-state index in [1.54, 1.807) is 7.11 Å². The van der Waals surface area contributed by atoms with Gasteiger partial charge in [0.15, 0.2) is 0 Å². The summed E-state index contributed by atoms with van der Waals surface area (Å²) in [6.45, 7) is 5.54. The molecule has 2 aliphatic heterocycles. The van der Waals surface area contributed by atoms with Crippen molar-refractivity contribution in [3.05, 3.63) is 12.2 Å². The molecule has 0 bridgehead atoms. The SMILES string of the molecule is C=C1CN2C[C@H](OC)CC2(C(=O)OC)C1. The molecule has 0 aliphatic carbocycles. The first kappa shape index (κ1) is 10.6. The normalized spacial score (nSPS) is 35.6. The number of rotatable bonds is 2. The quantitative estimate of drug-likeness (QED) is 0.494. The average Bonchev–Trinajstić information content (AvgIpc) is 2.69. The molecule has 4 heteroatoms. The number of ether oxygens (including phenoxy) is 2. The Kier molecular flexibility index (Phi) is 2.56. The Hall–Kier alpha value is -0.870. The van der Waals surface area contributed by atoms with E-state index in [1.807, 2.05) is 0 Å². The highest BCUT2D eigenvalue weighted by atomic mass is 16.5. The van der Waals surface area contributed by atoms with Gasteiger partial charge in [0.05, 0.1) is 13.2 Å². The second kappa shape index (κ2) is 3.61. The zero-order valence-electron chi connectivity index (χ0n) is 9.28. The predicted octanol–water partition coefficient (Wildman–Crippen LogP) is 0.579. The standard InChI is InChI=1S/C11H17NO3/c1-8-4-11(10(13)15-3)5-9(14-2)7-12(11)6-8/h9H,1,4-7H2,2-3H3/t9-,11?/m1/s1. The minimum Gasteiger partial charge on any atom is -0.468 e. The van der Waals surface area contributed by atoms with Crippen LogP contribution in [0.15, 0.2) is 12.2 Å². The molecule has 1 unspecified atom stereocenters. The van der Waals surface area contributed by atoms with Crippen molar-refractivity contribution in [2.75, 3.05) is 27.3 Å². The van der Waals surface area contributed by atoms with E-state index < -0.39 is 5.54 Å². The van der Waals surface area contributed by atoms with E-state index in [0.29, 0.717) is 6.42 Å². The van der Waals surface area contributed by atoms with Crippen LogP contribution < -0.4 is 0 Å². The maximum absolute atomic E-state index is 11.9. The van der Waals surface area contributed by atoms with Gasteiger partial charge in [0.2, 0.25) is 0 Å². The fraction of sp³-hybridized carbons (Fsp3) is 0.727. The molecule has 2 aliphatic rings. The summed E-state index contributed by atoms with van der Waals surface area (Å²) in [5.74, 6) is -0.152. The van der Waals surface area contributed by atoms with E-state index in [9.17, 15) is 4.79 Å². The van der Waals surface area contributed by atoms with Crippen LogP contribution in [0.2, 0.25) is 0 Å². The van der Waals surface area contributed by atoms with E-state index in [4.69, 9.17) is 9.47 Å². The van der Waals surface area contributed by atoms with Gasteiger partial charge in [0, 0.05) is 26.6 Å². The summed E-state index contributed by atoms with van der Waals surface area (Å²) < 4.78 is 10.2. The van der Waals surface area contributed by atoms with Gasteiger partial charge in [-0.05, 0) is 6.42 Å². The second-order valence-electron chi connectivity index (χ2n) is 4.39. The van der Waals surface area contributed by atoms with Gasteiger partial charge in [0.25, 0.3) is 0 Å². The Balaban J connectivity index is 2.25. The lowest BCUT2D eigenvalue weighted by atomic mass is 9.92. The number of nitrogens with zero attached hydrogens (tertiary/aromatic N) is 1. The summed E-state index contributed by atoms with van der Waals surface area (Å²) in [6, 6.07) is 0. The fourth-order valence-electron chi connectivity index (χ4n) is 2.76. The lowest BCUT2D eigenvalue weighted by Gasteiger charge is -2.27. The molecule has 0 N–H and O–H groups in total. The Labute approximate surface area is 89.8 Å². The van der Waals surface area contributed by atoms with Gasteiger partial charge in [0.1, 0.15) is 5.54 Å². The maximum Gasteiger partial charge on any atom is 0.326 e. The van der Waals surface area contributed by atoms with Crippen LogP contribution in [0.25, 0.3) is 0 Å². The van der Waals surface area contributed by atoms with E-state index in [-0.39, 0.29) is 12.1 Å². The molecule has 4 nitrogen and oxygen atoms in total. The summed E-state index contributed by atoms with van der Waals surface area (Å²) in [5.41, 5.74) is 0.613. The number of carbonyl (C=O) groups excluding carboxylic acids is 1. The van der Waals surface area contributed by atoms with Crippen LogP contribution in [-0.2, 0) is 14.3 Å². The summed E-state index contributed by atoms with van der Waals surface area (Å²) in [4.78, 5) is 14.0. The molecule has 0 aromatic heterocycles. The number of fused-ring (bicyclic) bond motifs is 1. The van der Waals surface area contributed by atoms with Crippen molar-refractivity contribution in [1.82, 2.24) is 4.90 Å². The fourth-order valence-corrected chi connectivity index (χ4v) is 2.76. The Bertz CT molecular complexity index is 302. The van der Waals surface area contributed by atoms with Gasteiger partial charge in [-0.3, -0.25) is 9.69 Å². The lowest BCUT2D eigenvalue weighted by molar-refractivity contribution is -0.151. The molecule has 2 atom stereocenters. The highest BCUT2D eigenvalue weighted by Crippen LogP contribution is 2.42. The second-order valence-corrected chi connectivity index (χ2v) is 4.39. The zero-order chi connectivity index (χ0) is 11.1. The highest BCUT2D eigenvalue weighted by Gasteiger charge is 2.55. The van der Waals surface area contributed by atoms with Gasteiger partial charge >= 0.3 is 5.97 Å². The smallest absolute Gasteiger partial charge is 0.326 e. The van der Waals surface area contributed by atoms with Crippen LogP contribution >= 0.6 is 0 Å². The Morgan fingerprint density at radius 2 is 2.33 bits per heavy atom. The number of methoxy groups -OCH3 is 2. The molecule has 0 spiro atoms. The lowest BCUT2D eigenvalue weighted by Crippen LogP contribution is -2.46. The van der Waals surface area contributed by atoms with Gasteiger partial charge in [-0.1, -0.05) is 12.2 Å². The van der Waals surface area contributed by atoms with Crippen LogP contribution in [0.3, 0.4) is 0 Å². The van der Waals surface area contributed by atoms with E-state index in [0.717, 1.165) is 25.1 Å². The van der Waals surface area contributed by atoms with Gasteiger partial charge in [-0.15, -0.1) is 0 Å². The molecule has 2 saturated heterocycles. The van der Waals surface area contributed by atoms with Crippen molar-refractivity contribution in [1.29, 1.82) is 0 Å². The third-order valence-electron chi connectivity index (χ3n) is 3.45. The first-order valence-electron chi connectivity index (χ1n) is 5.15. The van der Waals surface area contributed by atoms with Crippen LogP contribution in [0.4, 0.5) is 0 Å². The van der Waals surface area contributed by atoms with Crippen molar-refractivity contribution < 1.29 is 14.3 Å². The van der Waals surface area contributed by atoms with Crippen molar-refractivity contribution in [3.8, 4) is 0 Å². The van der Waals surface area contributed by atoms with E-state index in [2.05, 4.69) is 11.5 Å². The van der Waals surface area contributed by atoms with Crippen LogP contribution in [0, 0.1) is 0 Å². The number of hydrogen-bond donors (Lipinski definition) is 0.